The van der Waals surface area contributed by atoms with Gasteiger partial charge in [-0.25, -0.2) is 4.68 Å². The van der Waals surface area contributed by atoms with E-state index >= 15 is 0 Å². The number of hydrogen-bond acceptors (Lipinski definition) is 3. The minimum absolute atomic E-state index is 0.726. The van der Waals surface area contributed by atoms with Crippen LogP contribution in [-0.2, 0) is 13.0 Å². The Morgan fingerprint density at radius 1 is 1.12 bits per heavy atom. The van der Waals surface area contributed by atoms with Gasteiger partial charge in [-0.05, 0) is 32.7 Å². The van der Waals surface area contributed by atoms with Crippen LogP contribution in [0.3, 0.4) is 0 Å². The van der Waals surface area contributed by atoms with Gasteiger partial charge in [0, 0.05) is 6.54 Å². The van der Waals surface area contributed by atoms with Crippen molar-refractivity contribution in [1.82, 2.24) is 15.0 Å². The van der Waals surface area contributed by atoms with E-state index in [9.17, 15) is 0 Å². The molecule has 1 aromatic heterocycles. The number of nitrogens with zero attached hydrogens (tertiary/aromatic N) is 3. The van der Waals surface area contributed by atoms with Crippen LogP contribution in [0.5, 0.6) is 0 Å². The molecule has 2 N–H and O–H groups in total. The Labute approximate surface area is 105 Å². The van der Waals surface area contributed by atoms with Crippen LogP contribution < -0.4 is 5.73 Å². The summed E-state index contributed by atoms with van der Waals surface area (Å²) in [6, 6.07) is 0. The second-order valence-electron chi connectivity index (χ2n) is 4.65. The van der Waals surface area contributed by atoms with Crippen LogP contribution >= 0.6 is 0 Å². The normalized spacial score (nSPS) is 11.0. The summed E-state index contributed by atoms with van der Waals surface area (Å²) in [5.74, 6) is 0. The molecule has 0 aliphatic heterocycles. The van der Waals surface area contributed by atoms with Gasteiger partial charge in [0.05, 0.1) is 11.4 Å². The molecule has 0 aliphatic carbocycles. The van der Waals surface area contributed by atoms with Gasteiger partial charge in [0.1, 0.15) is 0 Å². The highest BCUT2D eigenvalue weighted by Gasteiger charge is 2.07. The topological polar surface area (TPSA) is 56.7 Å². The molecular formula is C13H26N4. The van der Waals surface area contributed by atoms with Crippen molar-refractivity contribution in [3.05, 3.63) is 11.4 Å². The molecule has 0 radical (unpaired) electrons. The van der Waals surface area contributed by atoms with Gasteiger partial charge in [0.2, 0.25) is 0 Å². The molecule has 0 saturated carbocycles. The van der Waals surface area contributed by atoms with Gasteiger partial charge >= 0.3 is 0 Å². The Kier molecular flexibility index (Phi) is 6.86. The lowest BCUT2D eigenvalue weighted by Gasteiger charge is -2.03. The lowest BCUT2D eigenvalue weighted by atomic mass is 10.1. The fourth-order valence-electron chi connectivity index (χ4n) is 1.97. The largest absolute Gasteiger partial charge is 0.330 e. The number of hydrogen-bond donors (Lipinski definition) is 1. The molecule has 1 heterocycles. The third-order valence-corrected chi connectivity index (χ3v) is 3.17. The Morgan fingerprint density at radius 2 is 1.88 bits per heavy atom. The Bertz CT molecular complexity index is 306. The van der Waals surface area contributed by atoms with Gasteiger partial charge in [0.25, 0.3) is 0 Å². The molecule has 0 amide bonds. The van der Waals surface area contributed by atoms with E-state index in [1.807, 2.05) is 4.68 Å². The maximum atomic E-state index is 5.50. The lowest BCUT2D eigenvalue weighted by molar-refractivity contribution is 0.513. The SMILES string of the molecule is CCCCCCCn1nnc(CCCN)c1C. The molecule has 0 bridgehead atoms. The van der Waals surface area contributed by atoms with Crippen molar-refractivity contribution in [3.63, 3.8) is 0 Å². The van der Waals surface area contributed by atoms with Gasteiger partial charge in [-0.15, -0.1) is 5.10 Å². The average molecular weight is 238 g/mol. The molecule has 0 spiro atoms. The van der Waals surface area contributed by atoms with Crippen LogP contribution in [0.4, 0.5) is 0 Å². The molecule has 17 heavy (non-hydrogen) atoms. The predicted octanol–water partition coefficient (Wildman–Crippen LogP) is 2.45. The molecule has 0 aliphatic rings. The minimum Gasteiger partial charge on any atom is -0.330 e. The van der Waals surface area contributed by atoms with Crippen LogP contribution in [0.25, 0.3) is 0 Å². The fourth-order valence-corrected chi connectivity index (χ4v) is 1.97. The predicted molar refractivity (Wildman–Crippen MR) is 70.9 cm³/mol. The van der Waals surface area contributed by atoms with Gasteiger partial charge in [-0.1, -0.05) is 37.8 Å². The highest BCUT2D eigenvalue weighted by molar-refractivity contribution is 5.07. The van der Waals surface area contributed by atoms with E-state index in [-0.39, 0.29) is 0 Å². The molecule has 0 unspecified atom stereocenters. The van der Waals surface area contributed by atoms with Crippen molar-refractivity contribution < 1.29 is 0 Å². The van der Waals surface area contributed by atoms with Crippen LogP contribution in [-0.4, -0.2) is 21.5 Å². The van der Waals surface area contributed by atoms with Crippen molar-refractivity contribution in [2.75, 3.05) is 6.54 Å². The third kappa shape index (κ3) is 4.86. The summed E-state index contributed by atoms with van der Waals surface area (Å²) in [5, 5.41) is 8.44. The Balaban J connectivity index is 2.30. The smallest absolute Gasteiger partial charge is 0.0856 e. The second-order valence-corrected chi connectivity index (χ2v) is 4.65. The van der Waals surface area contributed by atoms with Crippen molar-refractivity contribution in [1.29, 1.82) is 0 Å². The Hall–Kier alpha value is -0.900. The first-order chi connectivity index (χ1) is 8.29. The molecule has 98 valence electrons. The summed E-state index contributed by atoms with van der Waals surface area (Å²) in [6.07, 6.45) is 8.44. The van der Waals surface area contributed by atoms with Crippen LogP contribution in [0, 0.1) is 6.92 Å². The first kappa shape index (κ1) is 14.2. The molecule has 0 saturated heterocycles. The molecule has 4 heteroatoms. The van der Waals surface area contributed by atoms with Crippen molar-refractivity contribution in [2.45, 2.75) is 65.3 Å². The zero-order chi connectivity index (χ0) is 12.5. The number of nitrogens with two attached hydrogens (primary N) is 1. The molecule has 4 nitrogen and oxygen atoms in total. The van der Waals surface area contributed by atoms with Gasteiger partial charge < -0.3 is 5.73 Å². The first-order valence-corrected chi connectivity index (χ1v) is 6.88. The zero-order valence-electron chi connectivity index (χ0n) is 11.3. The second kappa shape index (κ2) is 8.23. The van der Waals surface area contributed by atoms with Crippen LogP contribution in [0.1, 0.15) is 56.8 Å². The number of rotatable bonds is 9. The lowest BCUT2D eigenvalue weighted by Crippen LogP contribution is -2.04. The highest BCUT2D eigenvalue weighted by Crippen LogP contribution is 2.09. The monoisotopic (exact) mass is 238 g/mol. The van der Waals surface area contributed by atoms with E-state index in [1.54, 1.807) is 0 Å². The van der Waals surface area contributed by atoms with E-state index in [0.717, 1.165) is 31.6 Å². The van der Waals surface area contributed by atoms with Gasteiger partial charge in [-0.3, -0.25) is 0 Å². The summed E-state index contributed by atoms with van der Waals surface area (Å²) < 4.78 is 2.04. The summed E-state index contributed by atoms with van der Waals surface area (Å²) in [4.78, 5) is 0. The van der Waals surface area contributed by atoms with Crippen molar-refractivity contribution >= 4 is 0 Å². The summed E-state index contributed by atoms with van der Waals surface area (Å²) >= 11 is 0. The average Bonchev–Trinajstić information content (AvgIpc) is 2.68. The minimum atomic E-state index is 0.726. The van der Waals surface area contributed by atoms with E-state index in [4.69, 9.17) is 5.73 Å². The first-order valence-electron chi connectivity index (χ1n) is 6.88. The maximum Gasteiger partial charge on any atom is 0.0856 e. The summed E-state index contributed by atoms with van der Waals surface area (Å²) in [6.45, 7) is 6.08. The third-order valence-electron chi connectivity index (χ3n) is 3.17. The van der Waals surface area contributed by atoms with Crippen LogP contribution in [0.2, 0.25) is 0 Å². The molecular weight excluding hydrogens is 212 g/mol. The van der Waals surface area contributed by atoms with Crippen molar-refractivity contribution in [3.8, 4) is 0 Å². The van der Waals surface area contributed by atoms with E-state index in [2.05, 4.69) is 24.2 Å². The molecule has 0 fully saturated rings. The standard InChI is InChI=1S/C13H26N4/c1-3-4-5-6-7-11-17-12(2)13(15-16-17)9-8-10-14/h3-11,14H2,1-2H3. The summed E-state index contributed by atoms with van der Waals surface area (Å²) in [5.41, 5.74) is 7.84. The Morgan fingerprint density at radius 3 is 2.59 bits per heavy atom. The number of unbranched alkanes of at least 4 members (excludes halogenated alkanes) is 4. The maximum absolute atomic E-state index is 5.50. The van der Waals surface area contributed by atoms with E-state index < -0.39 is 0 Å². The quantitative estimate of drug-likeness (QED) is 0.672. The molecule has 0 atom stereocenters. The van der Waals surface area contributed by atoms with Crippen LogP contribution in [0.15, 0.2) is 0 Å². The highest BCUT2D eigenvalue weighted by atomic mass is 15.4. The summed E-state index contributed by atoms with van der Waals surface area (Å²) in [7, 11) is 0. The zero-order valence-corrected chi connectivity index (χ0v) is 11.3. The van der Waals surface area contributed by atoms with Gasteiger partial charge in [0.15, 0.2) is 0 Å². The fraction of sp³-hybridized carbons (Fsp3) is 0.846. The van der Waals surface area contributed by atoms with Crippen molar-refractivity contribution in [2.24, 2.45) is 5.73 Å². The molecule has 1 aromatic rings. The van der Waals surface area contributed by atoms with E-state index in [0.29, 0.717) is 0 Å². The number of aryl methyl sites for hydroxylation is 2. The number of aromatic nitrogens is 3. The molecule has 1 rings (SSSR count). The molecule has 0 aromatic carbocycles. The van der Waals surface area contributed by atoms with E-state index in [1.165, 1.54) is 37.8 Å². The van der Waals surface area contributed by atoms with Gasteiger partial charge in [-0.2, -0.15) is 0 Å².